The van der Waals surface area contributed by atoms with Crippen molar-refractivity contribution in [3.8, 4) is 0 Å². The summed E-state index contributed by atoms with van der Waals surface area (Å²) in [6, 6.07) is 5.73. The number of hydrogen-bond acceptors (Lipinski definition) is 1. The van der Waals surface area contributed by atoms with Crippen LogP contribution in [-0.4, -0.2) is 7.05 Å². The van der Waals surface area contributed by atoms with Gasteiger partial charge >= 0.3 is 0 Å². The van der Waals surface area contributed by atoms with Crippen molar-refractivity contribution < 1.29 is 4.39 Å². The molecule has 0 aromatic heterocycles. The van der Waals surface area contributed by atoms with Crippen LogP contribution >= 0.6 is 0 Å². The molecule has 1 saturated carbocycles. The molecule has 1 aromatic rings. The average Bonchev–Trinajstić information content (AvgIpc) is 2.41. The Hall–Kier alpha value is -0.890. The van der Waals surface area contributed by atoms with Crippen molar-refractivity contribution in [2.45, 2.75) is 58.4 Å². The van der Waals surface area contributed by atoms with Gasteiger partial charge in [-0.15, -0.1) is 0 Å². The Morgan fingerprint density at radius 1 is 1.20 bits per heavy atom. The van der Waals surface area contributed by atoms with Crippen LogP contribution in [0.4, 0.5) is 4.39 Å². The van der Waals surface area contributed by atoms with Crippen LogP contribution in [0.5, 0.6) is 0 Å². The predicted molar refractivity (Wildman–Crippen MR) is 83.3 cm³/mol. The van der Waals surface area contributed by atoms with Crippen LogP contribution in [0.3, 0.4) is 0 Å². The summed E-state index contributed by atoms with van der Waals surface area (Å²) in [6.45, 7) is 4.25. The van der Waals surface area contributed by atoms with Crippen LogP contribution in [0.15, 0.2) is 18.2 Å². The van der Waals surface area contributed by atoms with Gasteiger partial charge in [-0.2, -0.15) is 0 Å². The Morgan fingerprint density at radius 3 is 2.45 bits per heavy atom. The van der Waals surface area contributed by atoms with Crippen LogP contribution in [0, 0.1) is 24.6 Å². The highest BCUT2D eigenvalue weighted by molar-refractivity contribution is 5.27. The standard InChI is InChI=1S/C18H28FN/c1-4-5-14-6-8-15(9-7-14)18(20-3)16-10-13(2)11-17(19)12-16/h10-12,14-15,18,20H,4-9H2,1-3H3. The lowest BCUT2D eigenvalue weighted by Gasteiger charge is -2.34. The number of benzene rings is 1. The van der Waals surface area contributed by atoms with Crippen molar-refractivity contribution in [2.24, 2.45) is 11.8 Å². The lowest BCUT2D eigenvalue weighted by atomic mass is 9.75. The molecule has 0 spiro atoms. The van der Waals surface area contributed by atoms with Gasteiger partial charge in [0, 0.05) is 6.04 Å². The Bertz CT molecular complexity index is 401. The van der Waals surface area contributed by atoms with Crippen LogP contribution in [-0.2, 0) is 0 Å². The van der Waals surface area contributed by atoms with Gasteiger partial charge in [0.1, 0.15) is 5.82 Å². The lowest BCUT2D eigenvalue weighted by Crippen LogP contribution is -2.29. The average molecular weight is 277 g/mol. The fourth-order valence-electron chi connectivity index (χ4n) is 3.84. The smallest absolute Gasteiger partial charge is 0.123 e. The second-order valence-electron chi connectivity index (χ2n) is 6.40. The summed E-state index contributed by atoms with van der Waals surface area (Å²) in [5, 5.41) is 3.42. The number of hydrogen-bond donors (Lipinski definition) is 1. The molecule has 112 valence electrons. The molecule has 1 aromatic carbocycles. The quantitative estimate of drug-likeness (QED) is 0.798. The van der Waals surface area contributed by atoms with E-state index in [0.29, 0.717) is 12.0 Å². The molecule has 0 radical (unpaired) electrons. The highest BCUT2D eigenvalue weighted by Crippen LogP contribution is 2.38. The summed E-state index contributed by atoms with van der Waals surface area (Å²) in [7, 11) is 2.00. The highest BCUT2D eigenvalue weighted by Gasteiger charge is 2.27. The Kier molecular flexibility index (Phi) is 5.59. The van der Waals surface area contributed by atoms with Crippen molar-refractivity contribution in [1.82, 2.24) is 5.32 Å². The Labute approximate surface area is 123 Å². The SMILES string of the molecule is CCCC1CCC(C(NC)c2cc(C)cc(F)c2)CC1. The van der Waals surface area contributed by atoms with Crippen LogP contribution in [0.2, 0.25) is 0 Å². The van der Waals surface area contributed by atoms with Crippen LogP contribution < -0.4 is 5.32 Å². The first-order valence-electron chi connectivity index (χ1n) is 8.08. The van der Waals surface area contributed by atoms with Gasteiger partial charge in [0.25, 0.3) is 0 Å². The summed E-state index contributed by atoms with van der Waals surface area (Å²) >= 11 is 0. The van der Waals surface area contributed by atoms with Gasteiger partial charge in [-0.1, -0.05) is 38.7 Å². The number of nitrogens with one attached hydrogen (secondary N) is 1. The van der Waals surface area contributed by atoms with E-state index in [9.17, 15) is 4.39 Å². The zero-order valence-electron chi connectivity index (χ0n) is 13.1. The van der Waals surface area contributed by atoms with Crippen LogP contribution in [0.25, 0.3) is 0 Å². The van der Waals surface area contributed by atoms with Crippen LogP contribution in [0.1, 0.15) is 62.6 Å². The molecule has 1 aliphatic carbocycles. The minimum absolute atomic E-state index is 0.111. The van der Waals surface area contributed by atoms with Gasteiger partial charge in [-0.25, -0.2) is 4.39 Å². The number of halogens is 1. The molecular formula is C18H28FN. The van der Waals surface area contributed by atoms with E-state index in [2.05, 4.69) is 18.3 Å². The third-order valence-electron chi connectivity index (χ3n) is 4.79. The molecule has 2 heteroatoms. The summed E-state index contributed by atoms with van der Waals surface area (Å²) in [4.78, 5) is 0. The molecule has 2 rings (SSSR count). The molecule has 1 aliphatic rings. The normalized spacial score (nSPS) is 24.6. The van der Waals surface area contributed by atoms with Gasteiger partial charge in [-0.05, 0) is 61.9 Å². The maximum atomic E-state index is 13.6. The van der Waals surface area contributed by atoms with Gasteiger partial charge in [0.05, 0.1) is 0 Å². The first kappa shape index (κ1) is 15.5. The van der Waals surface area contributed by atoms with Gasteiger partial charge in [0.2, 0.25) is 0 Å². The largest absolute Gasteiger partial charge is 0.313 e. The molecule has 1 atom stereocenters. The molecular weight excluding hydrogens is 249 g/mol. The van der Waals surface area contributed by atoms with E-state index in [4.69, 9.17) is 0 Å². The molecule has 0 amide bonds. The van der Waals surface area contributed by atoms with Gasteiger partial charge in [-0.3, -0.25) is 0 Å². The third-order valence-corrected chi connectivity index (χ3v) is 4.79. The van der Waals surface area contributed by atoms with E-state index in [1.54, 1.807) is 12.1 Å². The lowest BCUT2D eigenvalue weighted by molar-refractivity contribution is 0.219. The van der Waals surface area contributed by atoms with E-state index >= 15 is 0 Å². The first-order valence-corrected chi connectivity index (χ1v) is 8.08. The van der Waals surface area contributed by atoms with E-state index < -0.39 is 0 Å². The number of rotatable bonds is 5. The second-order valence-corrected chi connectivity index (χ2v) is 6.40. The van der Waals surface area contributed by atoms with Gasteiger partial charge in [0.15, 0.2) is 0 Å². The monoisotopic (exact) mass is 277 g/mol. The molecule has 1 N–H and O–H groups in total. The summed E-state index contributed by atoms with van der Waals surface area (Å²) in [6.07, 6.45) is 7.89. The molecule has 0 heterocycles. The molecule has 1 unspecified atom stereocenters. The van der Waals surface area contributed by atoms with E-state index in [1.807, 2.05) is 14.0 Å². The minimum Gasteiger partial charge on any atom is -0.313 e. The fraction of sp³-hybridized carbons (Fsp3) is 0.667. The topological polar surface area (TPSA) is 12.0 Å². The molecule has 0 aliphatic heterocycles. The first-order chi connectivity index (χ1) is 9.63. The van der Waals surface area contributed by atoms with Crippen molar-refractivity contribution in [3.63, 3.8) is 0 Å². The zero-order valence-corrected chi connectivity index (χ0v) is 13.1. The Balaban J connectivity index is 2.05. The van der Waals surface area contributed by atoms with Crippen molar-refractivity contribution in [1.29, 1.82) is 0 Å². The Morgan fingerprint density at radius 2 is 1.90 bits per heavy atom. The zero-order chi connectivity index (χ0) is 14.5. The predicted octanol–water partition coefficient (Wildman–Crippen LogP) is 5.00. The molecule has 0 saturated heterocycles. The van der Waals surface area contributed by atoms with E-state index in [1.165, 1.54) is 38.5 Å². The highest BCUT2D eigenvalue weighted by atomic mass is 19.1. The maximum Gasteiger partial charge on any atom is 0.123 e. The van der Waals surface area contributed by atoms with Crippen molar-refractivity contribution in [2.75, 3.05) is 7.05 Å². The maximum absolute atomic E-state index is 13.6. The summed E-state index contributed by atoms with van der Waals surface area (Å²) < 4.78 is 13.6. The van der Waals surface area contributed by atoms with Crippen molar-refractivity contribution >= 4 is 0 Å². The third kappa shape index (κ3) is 3.82. The molecule has 1 fully saturated rings. The van der Waals surface area contributed by atoms with Gasteiger partial charge < -0.3 is 5.32 Å². The van der Waals surface area contributed by atoms with E-state index in [0.717, 1.165) is 17.0 Å². The minimum atomic E-state index is -0.111. The second kappa shape index (κ2) is 7.21. The van der Waals surface area contributed by atoms with E-state index in [-0.39, 0.29) is 5.82 Å². The molecule has 0 bridgehead atoms. The van der Waals surface area contributed by atoms with Crippen molar-refractivity contribution in [3.05, 3.63) is 35.1 Å². The number of aryl methyl sites for hydroxylation is 1. The summed E-state index contributed by atoms with van der Waals surface area (Å²) in [5.74, 6) is 1.46. The summed E-state index contributed by atoms with van der Waals surface area (Å²) in [5.41, 5.74) is 2.13. The fourth-order valence-corrected chi connectivity index (χ4v) is 3.84. The molecule has 1 nitrogen and oxygen atoms in total. The molecule has 20 heavy (non-hydrogen) atoms.